The zero-order valence-electron chi connectivity index (χ0n) is 23.9. The summed E-state index contributed by atoms with van der Waals surface area (Å²) in [5.74, 6) is -2.07. The number of esters is 2. The smallest absolute Gasteiger partial charge is 0.332 e. The highest BCUT2D eigenvalue weighted by atomic mass is 32.2. The molecule has 4 atom stereocenters. The molecule has 0 aromatic rings. The molecule has 8 nitrogen and oxygen atoms in total. The second-order valence-electron chi connectivity index (χ2n) is 9.89. The molecule has 0 aliphatic heterocycles. The van der Waals surface area contributed by atoms with Crippen molar-refractivity contribution in [1.29, 1.82) is 0 Å². The van der Waals surface area contributed by atoms with Crippen LogP contribution in [0.25, 0.3) is 0 Å². The van der Waals surface area contributed by atoms with Crippen molar-refractivity contribution >= 4 is 35.6 Å². The lowest BCUT2D eigenvalue weighted by molar-refractivity contribution is -0.157. The van der Waals surface area contributed by atoms with E-state index in [1.54, 1.807) is 4.90 Å². The van der Waals surface area contributed by atoms with E-state index >= 15 is 0 Å². The number of thioether (sulfide) groups is 1. The maximum absolute atomic E-state index is 13.3. The highest BCUT2D eigenvalue weighted by molar-refractivity contribution is 8.05. The highest BCUT2D eigenvalue weighted by Crippen LogP contribution is 2.31. The number of hydrogen-bond acceptors (Lipinski definition) is 7. The Kier molecular flexibility index (Phi) is 16.9. The van der Waals surface area contributed by atoms with Crippen LogP contribution in [0.5, 0.6) is 0 Å². The number of carboxylic acid groups (broad SMARTS) is 1. The van der Waals surface area contributed by atoms with Crippen LogP contribution < -0.4 is 0 Å². The van der Waals surface area contributed by atoms with E-state index in [2.05, 4.69) is 6.58 Å². The van der Waals surface area contributed by atoms with Crippen molar-refractivity contribution in [2.24, 2.45) is 17.8 Å². The molecule has 0 bridgehead atoms. The molecule has 1 amide bonds. The summed E-state index contributed by atoms with van der Waals surface area (Å²) in [5, 5.41) is 11.1. The third-order valence-electron chi connectivity index (χ3n) is 6.38. The fraction of sp³-hybridized carbons (Fsp3) is 0.714. The number of hydrogen-bond donors (Lipinski definition) is 1. The zero-order chi connectivity index (χ0) is 28.7. The number of aliphatic carboxylic acids is 1. The maximum Gasteiger partial charge on any atom is 0.332 e. The minimum absolute atomic E-state index is 0.0492. The lowest BCUT2D eigenvalue weighted by Crippen LogP contribution is -2.47. The number of carbonyl (C=O) groups is 4. The minimum Gasteiger partial charge on any atom is -0.478 e. The van der Waals surface area contributed by atoms with Gasteiger partial charge in [-0.15, -0.1) is 0 Å². The maximum atomic E-state index is 13.3. The Hall–Kier alpha value is -2.29. The van der Waals surface area contributed by atoms with Gasteiger partial charge in [0.1, 0.15) is 6.10 Å². The molecular weight excluding hydrogens is 494 g/mol. The second kappa shape index (κ2) is 18.0. The van der Waals surface area contributed by atoms with Gasteiger partial charge in [0, 0.05) is 42.7 Å². The standard InChI is InChI=1S/C28H47NO7S/c1-10-13-27(32)35-17-29(26(31)14-19(6)11-2)24(18(4)5)15-25(36-22(9)30)21(8)37-16-23(28(33)34)20(7)12-3/h16,18-20,24-25H,8,10-15,17H2,1-7,9H3,(H,33,34). The molecule has 0 heterocycles. The van der Waals surface area contributed by atoms with Crippen molar-refractivity contribution in [1.82, 2.24) is 4.90 Å². The predicted molar refractivity (Wildman–Crippen MR) is 147 cm³/mol. The normalized spacial score (nSPS) is 14.9. The molecule has 0 saturated carbocycles. The summed E-state index contributed by atoms with van der Waals surface area (Å²) in [6.45, 7) is 18.7. The van der Waals surface area contributed by atoms with Crippen molar-refractivity contribution in [3.8, 4) is 0 Å². The molecule has 0 spiro atoms. The molecule has 1 N–H and O–H groups in total. The summed E-state index contributed by atoms with van der Waals surface area (Å²) in [7, 11) is 0. The van der Waals surface area contributed by atoms with Gasteiger partial charge in [0.2, 0.25) is 5.91 Å². The van der Waals surface area contributed by atoms with Crippen molar-refractivity contribution in [2.75, 3.05) is 6.73 Å². The van der Waals surface area contributed by atoms with Gasteiger partial charge in [0.25, 0.3) is 0 Å². The van der Waals surface area contributed by atoms with E-state index < -0.39 is 24.1 Å². The van der Waals surface area contributed by atoms with Gasteiger partial charge in [0.15, 0.2) is 6.73 Å². The first kappa shape index (κ1) is 34.7. The second-order valence-corrected chi connectivity index (χ2v) is 10.9. The monoisotopic (exact) mass is 541 g/mol. The van der Waals surface area contributed by atoms with Gasteiger partial charge in [-0.3, -0.25) is 14.4 Å². The SMILES string of the molecule is C=C(SC=C(C(=O)O)C(C)CC)C(CC(C(C)C)N(COC(=O)CCC)C(=O)CC(C)CC)OC(C)=O. The van der Waals surface area contributed by atoms with Crippen LogP contribution in [0.1, 0.15) is 93.9 Å². The average Bonchev–Trinajstić information content (AvgIpc) is 2.81. The third-order valence-corrected chi connectivity index (χ3v) is 7.32. The highest BCUT2D eigenvalue weighted by Gasteiger charge is 2.32. The van der Waals surface area contributed by atoms with Crippen LogP contribution in [0, 0.1) is 17.8 Å². The largest absolute Gasteiger partial charge is 0.478 e. The molecule has 37 heavy (non-hydrogen) atoms. The van der Waals surface area contributed by atoms with Gasteiger partial charge in [-0.1, -0.05) is 73.2 Å². The van der Waals surface area contributed by atoms with Gasteiger partial charge in [-0.25, -0.2) is 4.79 Å². The van der Waals surface area contributed by atoms with Gasteiger partial charge < -0.3 is 19.5 Å². The molecular formula is C28H47NO7S. The first-order valence-corrected chi connectivity index (χ1v) is 14.1. The van der Waals surface area contributed by atoms with E-state index in [1.165, 1.54) is 12.3 Å². The first-order valence-electron chi connectivity index (χ1n) is 13.2. The predicted octanol–water partition coefficient (Wildman–Crippen LogP) is 6.16. The van der Waals surface area contributed by atoms with E-state index in [1.807, 2.05) is 48.5 Å². The van der Waals surface area contributed by atoms with Crippen molar-refractivity contribution in [2.45, 2.75) is 106 Å². The van der Waals surface area contributed by atoms with Crippen LogP contribution in [0.15, 0.2) is 22.5 Å². The molecule has 9 heteroatoms. The number of carbonyl (C=O) groups excluding carboxylic acids is 3. The van der Waals surface area contributed by atoms with Crippen LogP contribution in [0.4, 0.5) is 0 Å². The molecule has 0 rings (SSSR count). The number of amides is 1. The van der Waals surface area contributed by atoms with Crippen LogP contribution >= 0.6 is 11.8 Å². The molecule has 0 aliphatic rings. The summed E-state index contributed by atoms with van der Waals surface area (Å²) in [5.41, 5.74) is 0.254. The summed E-state index contributed by atoms with van der Waals surface area (Å²) in [4.78, 5) is 51.1. The Balaban J connectivity index is 6.07. The topological polar surface area (TPSA) is 110 Å². The minimum atomic E-state index is -1.01. The zero-order valence-corrected chi connectivity index (χ0v) is 24.7. The Morgan fingerprint density at radius 3 is 2.14 bits per heavy atom. The number of ether oxygens (including phenoxy) is 2. The lowest BCUT2D eigenvalue weighted by Gasteiger charge is -2.36. The molecule has 0 radical (unpaired) electrons. The molecule has 0 aliphatic carbocycles. The number of carboxylic acids is 1. The quantitative estimate of drug-likeness (QED) is 0.125. The molecule has 0 aromatic heterocycles. The fourth-order valence-electron chi connectivity index (χ4n) is 3.57. The van der Waals surface area contributed by atoms with Crippen molar-refractivity contribution in [3.05, 3.63) is 22.5 Å². The van der Waals surface area contributed by atoms with Crippen LogP contribution in [0.2, 0.25) is 0 Å². The summed E-state index contributed by atoms with van der Waals surface area (Å²) in [6.07, 6.45) is 2.17. The van der Waals surface area contributed by atoms with Gasteiger partial charge in [-0.2, -0.15) is 0 Å². The van der Waals surface area contributed by atoms with Crippen LogP contribution in [-0.2, 0) is 28.7 Å². The summed E-state index contributed by atoms with van der Waals surface area (Å²) in [6, 6.07) is -0.412. The van der Waals surface area contributed by atoms with E-state index in [4.69, 9.17) is 9.47 Å². The van der Waals surface area contributed by atoms with Gasteiger partial charge >= 0.3 is 17.9 Å². The van der Waals surface area contributed by atoms with Crippen LogP contribution in [-0.4, -0.2) is 52.7 Å². The average molecular weight is 542 g/mol. The van der Waals surface area contributed by atoms with Crippen molar-refractivity contribution < 1.29 is 33.8 Å². The molecule has 0 saturated heterocycles. The summed E-state index contributed by atoms with van der Waals surface area (Å²) >= 11 is 1.12. The molecule has 4 unspecified atom stereocenters. The van der Waals surface area contributed by atoms with Crippen LogP contribution in [0.3, 0.4) is 0 Å². The van der Waals surface area contributed by atoms with Gasteiger partial charge in [-0.05, 0) is 36.0 Å². The van der Waals surface area contributed by atoms with E-state index in [-0.39, 0.29) is 54.8 Å². The third kappa shape index (κ3) is 13.2. The van der Waals surface area contributed by atoms with E-state index in [0.29, 0.717) is 24.2 Å². The number of nitrogens with zero attached hydrogens (tertiary/aromatic N) is 1. The molecule has 0 fully saturated rings. The van der Waals surface area contributed by atoms with E-state index in [9.17, 15) is 24.3 Å². The Morgan fingerprint density at radius 2 is 1.68 bits per heavy atom. The lowest BCUT2D eigenvalue weighted by atomic mass is 9.94. The van der Waals surface area contributed by atoms with Crippen molar-refractivity contribution in [3.63, 3.8) is 0 Å². The Morgan fingerprint density at radius 1 is 1.05 bits per heavy atom. The first-order chi connectivity index (χ1) is 17.3. The molecule has 212 valence electrons. The Bertz CT molecular complexity index is 808. The van der Waals surface area contributed by atoms with E-state index in [0.717, 1.165) is 18.2 Å². The Labute approximate surface area is 227 Å². The van der Waals surface area contributed by atoms with Gasteiger partial charge in [0.05, 0.1) is 0 Å². The molecule has 0 aromatic carbocycles. The number of rotatable bonds is 18. The summed E-state index contributed by atoms with van der Waals surface area (Å²) < 4.78 is 11.0. The fourth-order valence-corrected chi connectivity index (χ4v) is 4.47.